The number of aliphatic hydroxyl groups excluding tert-OH is 1. The Balaban J connectivity index is 1.41. The molecule has 4 rings (SSSR count). The van der Waals surface area contributed by atoms with Crippen LogP contribution in [-0.4, -0.2) is 80.2 Å². The number of rotatable bonds is 6. The Morgan fingerprint density at radius 3 is 2.38 bits per heavy atom. The molecule has 3 amide bonds. The molecular formula is C25H26ClF3N6O4. The fourth-order valence-corrected chi connectivity index (χ4v) is 4.28. The molecule has 3 heterocycles. The Labute approximate surface area is 226 Å². The summed E-state index contributed by atoms with van der Waals surface area (Å²) in [5, 5.41) is 16.9. The number of pyridine rings is 1. The van der Waals surface area contributed by atoms with Gasteiger partial charge in [0.05, 0.1) is 28.2 Å². The van der Waals surface area contributed by atoms with E-state index < -0.39 is 28.9 Å². The van der Waals surface area contributed by atoms with E-state index >= 15 is 0 Å². The van der Waals surface area contributed by atoms with Crippen molar-refractivity contribution in [3.63, 3.8) is 0 Å². The highest BCUT2D eigenvalue weighted by Crippen LogP contribution is 2.30. The first-order valence-corrected chi connectivity index (χ1v) is 12.4. The van der Waals surface area contributed by atoms with Gasteiger partial charge in [0.25, 0.3) is 5.91 Å². The minimum absolute atomic E-state index is 0.0712. The second kappa shape index (κ2) is 10.8. The number of hydrogen-bond acceptors (Lipinski definition) is 6. The van der Waals surface area contributed by atoms with Gasteiger partial charge in [-0.25, -0.2) is 4.98 Å². The highest BCUT2D eigenvalue weighted by Gasteiger charge is 2.34. The van der Waals surface area contributed by atoms with E-state index in [1.54, 1.807) is 29.8 Å². The highest BCUT2D eigenvalue weighted by molar-refractivity contribution is 6.34. The molecule has 2 N–H and O–H groups in total. The van der Waals surface area contributed by atoms with Gasteiger partial charge in [0, 0.05) is 37.8 Å². The number of carbonyl (C=O) groups excluding carboxylic acids is 3. The zero-order valence-electron chi connectivity index (χ0n) is 21.1. The molecular weight excluding hydrogens is 541 g/mol. The molecule has 14 heteroatoms. The maximum Gasteiger partial charge on any atom is 0.433 e. The van der Waals surface area contributed by atoms with Crippen molar-refractivity contribution in [2.24, 2.45) is 5.41 Å². The molecule has 0 bridgehead atoms. The molecule has 208 valence electrons. The topological polar surface area (TPSA) is 121 Å². The zero-order chi connectivity index (χ0) is 28.5. The second-order valence-corrected chi connectivity index (χ2v) is 10.2. The fraction of sp³-hybridized carbons (Fsp3) is 0.400. The molecule has 0 atom stereocenters. The molecule has 2 aromatic heterocycles. The summed E-state index contributed by atoms with van der Waals surface area (Å²) < 4.78 is 40.2. The minimum atomic E-state index is -4.69. The number of alkyl halides is 3. The molecule has 1 fully saturated rings. The van der Waals surface area contributed by atoms with E-state index in [2.05, 4.69) is 15.4 Å². The van der Waals surface area contributed by atoms with Crippen LogP contribution in [-0.2, 0) is 22.3 Å². The van der Waals surface area contributed by atoms with Crippen LogP contribution in [0.4, 0.5) is 18.9 Å². The lowest BCUT2D eigenvalue weighted by molar-refractivity contribution is -0.147. The molecule has 0 radical (unpaired) electrons. The molecule has 0 saturated carbocycles. The van der Waals surface area contributed by atoms with Gasteiger partial charge in [-0.15, -0.1) is 0 Å². The summed E-state index contributed by atoms with van der Waals surface area (Å²) in [6.07, 6.45) is -3.11. The Bertz CT molecular complexity index is 1420. The average molecular weight is 567 g/mol. The van der Waals surface area contributed by atoms with Crippen molar-refractivity contribution in [3.05, 3.63) is 52.9 Å². The highest BCUT2D eigenvalue weighted by atomic mass is 35.5. The zero-order valence-corrected chi connectivity index (χ0v) is 21.9. The number of carbonyl (C=O) groups is 3. The van der Waals surface area contributed by atoms with Gasteiger partial charge in [0.1, 0.15) is 17.9 Å². The molecule has 1 aliphatic heterocycles. The molecule has 0 unspecified atom stereocenters. The van der Waals surface area contributed by atoms with Gasteiger partial charge in [0.2, 0.25) is 11.8 Å². The molecule has 1 aliphatic rings. The Morgan fingerprint density at radius 1 is 1.08 bits per heavy atom. The molecule has 10 nitrogen and oxygen atoms in total. The molecule has 39 heavy (non-hydrogen) atoms. The molecule has 1 aromatic carbocycles. The first-order chi connectivity index (χ1) is 18.3. The van der Waals surface area contributed by atoms with Gasteiger partial charge in [-0.3, -0.25) is 19.1 Å². The predicted molar refractivity (Wildman–Crippen MR) is 136 cm³/mol. The van der Waals surface area contributed by atoms with Gasteiger partial charge in [-0.05, 0) is 38.1 Å². The number of piperazine rings is 1. The van der Waals surface area contributed by atoms with Gasteiger partial charge >= 0.3 is 6.18 Å². The standard InChI is InChI=1S/C25H26ClF3N6O4/c1-24(2,14-36)23(39)34-8-6-33(7-9-34)21(37)13-35-12-15-10-19(16(26)11-18(15)32-35)31-22(38)17-4-3-5-20(30-17)25(27,28)29/h3-5,10-12,36H,6-9,13-14H2,1-2H3,(H,31,38). The first kappa shape index (κ1) is 28.3. The van der Waals surface area contributed by atoms with E-state index in [0.717, 1.165) is 18.2 Å². The Kier molecular flexibility index (Phi) is 7.84. The van der Waals surface area contributed by atoms with Crippen LogP contribution in [0.3, 0.4) is 0 Å². The third-order valence-electron chi connectivity index (χ3n) is 6.35. The van der Waals surface area contributed by atoms with Crippen molar-refractivity contribution < 1.29 is 32.7 Å². The first-order valence-electron chi connectivity index (χ1n) is 12.0. The second-order valence-electron chi connectivity index (χ2n) is 9.79. The van der Waals surface area contributed by atoms with Crippen molar-refractivity contribution >= 4 is 45.9 Å². The van der Waals surface area contributed by atoms with Crippen LogP contribution >= 0.6 is 11.6 Å². The molecule has 1 saturated heterocycles. The van der Waals surface area contributed by atoms with Crippen molar-refractivity contribution in [2.75, 3.05) is 38.1 Å². The largest absolute Gasteiger partial charge is 0.433 e. The summed E-state index contributed by atoms with van der Waals surface area (Å²) in [7, 11) is 0. The van der Waals surface area contributed by atoms with E-state index in [1.807, 2.05) is 0 Å². The lowest BCUT2D eigenvalue weighted by Crippen LogP contribution is -2.54. The van der Waals surface area contributed by atoms with Gasteiger partial charge < -0.3 is 20.2 Å². The third kappa shape index (κ3) is 6.31. The summed E-state index contributed by atoms with van der Waals surface area (Å²) in [5.74, 6) is -1.24. The van der Waals surface area contributed by atoms with Crippen LogP contribution < -0.4 is 5.32 Å². The van der Waals surface area contributed by atoms with Crippen LogP contribution in [0.2, 0.25) is 5.02 Å². The smallest absolute Gasteiger partial charge is 0.395 e. The lowest BCUT2D eigenvalue weighted by atomic mass is 9.92. The van der Waals surface area contributed by atoms with Crippen LogP contribution in [0.5, 0.6) is 0 Å². The number of amides is 3. The maximum absolute atomic E-state index is 12.9. The SMILES string of the molecule is CC(C)(CO)C(=O)N1CCN(C(=O)Cn2cc3cc(NC(=O)c4cccc(C(F)(F)F)n4)c(Cl)cc3n2)CC1. The number of nitrogens with one attached hydrogen (secondary N) is 1. The van der Waals surface area contributed by atoms with Gasteiger partial charge in [-0.2, -0.15) is 18.3 Å². The van der Waals surface area contributed by atoms with E-state index in [4.69, 9.17) is 11.6 Å². The number of aromatic nitrogens is 3. The van der Waals surface area contributed by atoms with Crippen molar-refractivity contribution in [1.29, 1.82) is 0 Å². The number of aliphatic hydroxyl groups is 1. The van der Waals surface area contributed by atoms with E-state index in [-0.39, 0.29) is 35.7 Å². The van der Waals surface area contributed by atoms with E-state index in [0.29, 0.717) is 37.1 Å². The van der Waals surface area contributed by atoms with Crippen molar-refractivity contribution in [2.45, 2.75) is 26.6 Å². The number of anilines is 1. The molecule has 0 spiro atoms. The number of hydrogen-bond donors (Lipinski definition) is 2. The lowest BCUT2D eigenvalue weighted by Gasteiger charge is -2.38. The summed E-state index contributed by atoms with van der Waals surface area (Å²) in [6.45, 7) is 4.40. The molecule has 0 aliphatic carbocycles. The van der Waals surface area contributed by atoms with Crippen LogP contribution in [0, 0.1) is 5.41 Å². The van der Waals surface area contributed by atoms with Crippen LogP contribution in [0.1, 0.15) is 30.0 Å². The number of nitrogens with zero attached hydrogens (tertiary/aromatic N) is 5. The Hall–Kier alpha value is -3.71. The van der Waals surface area contributed by atoms with Crippen LogP contribution in [0.15, 0.2) is 36.5 Å². The predicted octanol–water partition coefficient (Wildman–Crippen LogP) is 3.05. The van der Waals surface area contributed by atoms with Crippen molar-refractivity contribution in [1.82, 2.24) is 24.6 Å². The summed E-state index contributed by atoms with van der Waals surface area (Å²) in [6, 6.07) is 5.99. The summed E-state index contributed by atoms with van der Waals surface area (Å²) in [5.41, 5.74) is -1.91. The quantitative estimate of drug-likeness (QED) is 0.473. The summed E-state index contributed by atoms with van der Waals surface area (Å²) >= 11 is 6.27. The number of benzene rings is 1. The summed E-state index contributed by atoms with van der Waals surface area (Å²) in [4.78, 5) is 44.6. The fourth-order valence-electron chi connectivity index (χ4n) is 4.07. The monoisotopic (exact) mass is 566 g/mol. The number of fused-ring (bicyclic) bond motifs is 1. The number of halogens is 4. The Morgan fingerprint density at radius 2 is 1.74 bits per heavy atom. The third-order valence-corrected chi connectivity index (χ3v) is 6.66. The molecule has 3 aromatic rings. The maximum atomic E-state index is 12.9. The van der Waals surface area contributed by atoms with E-state index in [9.17, 15) is 32.7 Å². The van der Waals surface area contributed by atoms with Crippen LogP contribution in [0.25, 0.3) is 10.9 Å². The normalized spacial score (nSPS) is 14.5. The van der Waals surface area contributed by atoms with Gasteiger partial charge in [-0.1, -0.05) is 17.7 Å². The van der Waals surface area contributed by atoms with Gasteiger partial charge in [0.15, 0.2) is 0 Å². The van der Waals surface area contributed by atoms with Crippen molar-refractivity contribution in [3.8, 4) is 0 Å². The average Bonchev–Trinajstić information content (AvgIpc) is 3.28. The van der Waals surface area contributed by atoms with E-state index in [1.165, 1.54) is 16.8 Å². The minimum Gasteiger partial charge on any atom is -0.395 e.